The summed E-state index contributed by atoms with van der Waals surface area (Å²) in [4.78, 5) is 0. The third kappa shape index (κ3) is 3.88. The summed E-state index contributed by atoms with van der Waals surface area (Å²) >= 11 is 2.51. The third-order valence-electron chi connectivity index (χ3n) is 3.51. The van der Waals surface area contributed by atoms with E-state index in [0.717, 1.165) is 12.5 Å². The van der Waals surface area contributed by atoms with Crippen molar-refractivity contribution in [2.45, 2.75) is 44.6 Å². The largest absolute Gasteiger partial charge is 0.374 e. The van der Waals surface area contributed by atoms with Gasteiger partial charge in [0.1, 0.15) is 0 Å². The lowest BCUT2D eigenvalue weighted by Crippen LogP contribution is -2.24. The van der Waals surface area contributed by atoms with Crippen LogP contribution in [0.1, 0.15) is 38.5 Å². The zero-order valence-corrected chi connectivity index (χ0v) is 12.0. The normalized spacial score (nSPS) is 30.2. The summed E-state index contributed by atoms with van der Waals surface area (Å²) in [5.74, 6) is 0.898. The van der Waals surface area contributed by atoms with Crippen LogP contribution in [0.5, 0.6) is 0 Å². The number of halogens is 1. The van der Waals surface area contributed by atoms with Crippen molar-refractivity contribution in [2.75, 3.05) is 11.0 Å². The van der Waals surface area contributed by atoms with Crippen LogP contribution in [-0.4, -0.2) is 17.1 Å². The van der Waals surface area contributed by atoms with Crippen molar-refractivity contribution in [3.63, 3.8) is 0 Å². The van der Waals surface area contributed by atoms with Gasteiger partial charge in [-0.15, -0.1) is 0 Å². The fraction of sp³-hybridized carbons (Fsp3) is 0.714. The van der Waals surface area contributed by atoms with Gasteiger partial charge in [0.15, 0.2) is 0 Å². The van der Waals surface area contributed by atoms with Crippen LogP contribution < -0.4 is 0 Å². The molecule has 1 nitrogen and oxygen atoms in total. The highest BCUT2D eigenvalue weighted by molar-refractivity contribution is 14.1. The summed E-state index contributed by atoms with van der Waals surface area (Å²) in [5, 5.41) is 0. The molecule has 0 saturated heterocycles. The van der Waals surface area contributed by atoms with E-state index in [4.69, 9.17) is 4.74 Å². The van der Waals surface area contributed by atoms with Crippen molar-refractivity contribution >= 4 is 22.6 Å². The number of rotatable bonds is 4. The molecule has 0 aliphatic heterocycles. The van der Waals surface area contributed by atoms with E-state index in [1.807, 2.05) is 0 Å². The Morgan fingerprint density at radius 2 is 2.25 bits per heavy atom. The van der Waals surface area contributed by atoms with Crippen molar-refractivity contribution < 1.29 is 4.74 Å². The van der Waals surface area contributed by atoms with Crippen molar-refractivity contribution in [2.24, 2.45) is 5.92 Å². The van der Waals surface area contributed by atoms with Gasteiger partial charge in [-0.3, -0.25) is 0 Å². The molecule has 0 aromatic carbocycles. The van der Waals surface area contributed by atoms with Crippen molar-refractivity contribution in [3.8, 4) is 0 Å². The predicted molar refractivity (Wildman–Crippen MR) is 77.0 cm³/mol. The molecule has 2 rings (SSSR count). The lowest BCUT2D eigenvalue weighted by molar-refractivity contribution is 0.0305. The van der Waals surface area contributed by atoms with E-state index in [1.54, 1.807) is 0 Å². The lowest BCUT2D eigenvalue weighted by atomic mass is 9.88. The Morgan fingerprint density at radius 3 is 3.00 bits per heavy atom. The number of ether oxygens (including phenoxy) is 1. The van der Waals surface area contributed by atoms with Gasteiger partial charge in [-0.1, -0.05) is 47.2 Å². The Morgan fingerprint density at radius 1 is 1.31 bits per heavy atom. The van der Waals surface area contributed by atoms with Crippen LogP contribution in [-0.2, 0) is 4.74 Å². The van der Waals surface area contributed by atoms with E-state index in [1.165, 1.54) is 48.5 Å². The van der Waals surface area contributed by atoms with Crippen LogP contribution in [0, 0.1) is 5.92 Å². The van der Waals surface area contributed by atoms with Crippen LogP contribution in [0.4, 0.5) is 0 Å². The molecule has 2 aliphatic rings. The van der Waals surface area contributed by atoms with E-state index in [0.29, 0.717) is 6.10 Å². The van der Waals surface area contributed by atoms with E-state index < -0.39 is 0 Å². The maximum absolute atomic E-state index is 6.03. The zero-order chi connectivity index (χ0) is 11.2. The maximum Gasteiger partial charge on any atom is 0.0717 e. The molecule has 0 spiro atoms. The van der Waals surface area contributed by atoms with Gasteiger partial charge < -0.3 is 4.74 Å². The fourth-order valence-corrected chi connectivity index (χ4v) is 3.32. The zero-order valence-electron chi connectivity index (χ0n) is 9.83. The number of hydrogen-bond acceptors (Lipinski definition) is 1. The summed E-state index contributed by atoms with van der Waals surface area (Å²) in [6.07, 6.45) is 15.0. The molecule has 0 aromatic heterocycles. The Labute approximate surface area is 112 Å². The SMILES string of the molecule is ICC1CCCC(OCC2=CCCC=C2)C1. The quantitative estimate of drug-likeness (QED) is 0.552. The molecule has 0 heterocycles. The summed E-state index contributed by atoms with van der Waals surface area (Å²) in [6, 6.07) is 0. The molecule has 2 atom stereocenters. The van der Waals surface area contributed by atoms with Gasteiger partial charge in [0.2, 0.25) is 0 Å². The van der Waals surface area contributed by atoms with Gasteiger partial charge in [-0.2, -0.15) is 0 Å². The third-order valence-corrected chi connectivity index (χ3v) is 4.76. The topological polar surface area (TPSA) is 9.23 Å². The molecular formula is C14H21IO. The highest BCUT2D eigenvalue weighted by Crippen LogP contribution is 2.28. The summed E-state index contributed by atoms with van der Waals surface area (Å²) < 4.78 is 7.32. The fourth-order valence-electron chi connectivity index (χ4n) is 2.52. The smallest absolute Gasteiger partial charge is 0.0717 e. The number of alkyl halides is 1. The van der Waals surface area contributed by atoms with Gasteiger partial charge in [0.25, 0.3) is 0 Å². The minimum Gasteiger partial charge on any atom is -0.374 e. The van der Waals surface area contributed by atoms with E-state index in [2.05, 4.69) is 40.8 Å². The van der Waals surface area contributed by atoms with Crippen LogP contribution in [0.3, 0.4) is 0 Å². The highest BCUT2D eigenvalue weighted by atomic mass is 127. The maximum atomic E-state index is 6.03. The minimum atomic E-state index is 0.518. The molecule has 1 saturated carbocycles. The van der Waals surface area contributed by atoms with Crippen LogP contribution >= 0.6 is 22.6 Å². The first-order valence-electron chi connectivity index (χ1n) is 6.41. The van der Waals surface area contributed by atoms with Crippen LogP contribution in [0.25, 0.3) is 0 Å². The van der Waals surface area contributed by atoms with Gasteiger partial charge in [-0.25, -0.2) is 0 Å². The monoisotopic (exact) mass is 332 g/mol. The standard InChI is InChI=1S/C14H21IO/c15-10-13-7-4-8-14(9-13)16-11-12-5-2-1-3-6-12/h2,5-6,13-14H,1,3-4,7-11H2. The Hall–Kier alpha value is 0.170. The molecule has 0 aromatic rings. The average Bonchev–Trinajstić information content (AvgIpc) is 2.38. The molecule has 0 radical (unpaired) electrons. The van der Waals surface area contributed by atoms with E-state index in [9.17, 15) is 0 Å². The lowest BCUT2D eigenvalue weighted by Gasteiger charge is -2.28. The molecule has 0 N–H and O–H groups in total. The Kier molecular flexibility index (Phi) is 5.36. The van der Waals surface area contributed by atoms with E-state index in [-0.39, 0.29) is 0 Å². The molecule has 0 amide bonds. The Balaban J connectivity index is 1.72. The predicted octanol–water partition coefficient (Wildman–Crippen LogP) is 4.27. The first-order chi connectivity index (χ1) is 7.88. The van der Waals surface area contributed by atoms with Crippen molar-refractivity contribution in [3.05, 3.63) is 23.8 Å². The van der Waals surface area contributed by atoms with E-state index >= 15 is 0 Å². The molecule has 16 heavy (non-hydrogen) atoms. The average molecular weight is 332 g/mol. The molecular weight excluding hydrogens is 311 g/mol. The second-order valence-corrected chi connectivity index (χ2v) is 5.76. The second-order valence-electron chi connectivity index (χ2n) is 4.88. The molecule has 2 aliphatic carbocycles. The summed E-state index contributed by atoms with van der Waals surface area (Å²) in [7, 11) is 0. The second kappa shape index (κ2) is 6.80. The van der Waals surface area contributed by atoms with Crippen LogP contribution in [0.2, 0.25) is 0 Å². The minimum absolute atomic E-state index is 0.518. The summed E-state index contributed by atoms with van der Waals surface area (Å²) in [6.45, 7) is 0.829. The van der Waals surface area contributed by atoms with Crippen molar-refractivity contribution in [1.29, 1.82) is 0 Å². The van der Waals surface area contributed by atoms with Gasteiger partial charge in [0, 0.05) is 4.43 Å². The van der Waals surface area contributed by atoms with Crippen LogP contribution in [0.15, 0.2) is 23.8 Å². The van der Waals surface area contributed by atoms with Gasteiger partial charge in [0.05, 0.1) is 12.7 Å². The number of allylic oxidation sites excluding steroid dienone is 2. The molecule has 90 valence electrons. The molecule has 0 bridgehead atoms. The van der Waals surface area contributed by atoms with Crippen molar-refractivity contribution in [1.82, 2.24) is 0 Å². The molecule has 1 fully saturated rings. The Bertz CT molecular complexity index is 270. The summed E-state index contributed by atoms with van der Waals surface area (Å²) in [5.41, 5.74) is 1.38. The van der Waals surface area contributed by atoms with Gasteiger partial charge in [-0.05, 0) is 43.6 Å². The highest BCUT2D eigenvalue weighted by Gasteiger charge is 2.21. The molecule has 2 heteroatoms. The van der Waals surface area contributed by atoms with Gasteiger partial charge >= 0.3 is 0 Å². The molecule has 2 unspecified atom stereocenters. The first-order valence-corrected chi connectivity index (χ1v) is 7.94. The first kappa shape index (κ1) is 12.6. The number of hydrogen-bond donors (Lipinski definition) is 0.